The van der Waals surface area contributed by atoms with Crippen LogP contribution in [0.3, 0.4) is 0 Å². The van der Waals surface area contributed by atoms with Crippen LogP contribution in [0, 0.1) is 13.8 Å². The number of aromatic nitrogens is 2. The molecule has 0 atom stereocenters. The summed E-state index contributed by atoms with van der Waals surface area (Å²) in [7, 11) is 0. The molecule has 0 aliphatic carbocycles. The standard InChI is InChI=1S/C21H17N3O3/c1-12-9-17-19(10-13(12)2)27-21(24-17)15-11-14(6-7-18(15)25)23-20(26)16-5-3-4-8-22-16/h3-11,25H,1-2H3,(H,23,26). The molecule has 2 aromatic carbocycles. The number of anilines is 1. The Hall–Kier alpha value is -3.67. The van der Waals surface area contributed by atoms with Crippen LogP contribution in [0.4, 0.5) is 5.69 Å². The number of aryl methyl sites for hydroxylation is 2. The summed E-state index contributed by atoms with van der Waals surface area (Å²) >= 11 is 0. The number of nitrogens with one attached hydrogen (secondary N) is 1. The largest absolute Gasteiger partial charge is 0.507 e. The highest BCUT2D eigenvalue weighted by atomic mass is 16.3. The molecule has 2 heterocycles. The van der Waals surface area contributed by atoms with Gasteiger partial charge < -0.3 is 14.8 Å². The van der Waals surface area contributed by atoms with E-state index in [2.05, 4.69) is 15.3 Å². The van der Waals surface area contributed by atoms with Crippen molar-refractivity contribution in [2.75, 3.05) is 5.32 Å². The van der Waals surface area contributed by atoms with E-state index >= 15 is 0 Å². The highest BCUT2D eigenvalue weighted by Gasteiger charge is 2.15. The van der Waals surface area contributed by atoms with Crippen molar-refractivity contribution in [3.8, 4) is 17.2 Å². The molecule has 0 spiro atoms. The molecule has 2 N–H and O–H groups in total. The van der Waals surface area contributed by atoms with Gasteiger partial charge in [-0.2, -0.15) is 0 Å². The van der Waals surface area contributed by atoms with Gasteiger partial charge in [-0.25, -0.2) is 4.98 Å². The highest BCUT2D eigenvalue weighted by Crippen LogP contribution is 2.34. The van der Waals surface area contributed by atoms with Crippen LogP contribution < -0.4 is 5.32 Å². The van der Waals surface area contributed by atoms with Gasteiger partial charge in [0.15, 0.2) is 5.58 Å². The predicted molar refractivity (Wildman–Crippen MR) is 103 cm³/mol. The lowest BCUT2D eigenvalue weighted by Gasteiger charge is -2.07. The first kappa shape index (κ1) is 16.8. The fourth-order valence-electron chi connectivity index (χ4n) is 2.77. The fraction of sp³-hybridized carbons (Fsp3) is 0.0952. The van der Waals surface area contributed by atoms with Crippen molar-refractivity contribution in [2.45, 2.75) is 13.8 Å². The summed E-state index contributed by atoms with van der Waals surface area (Å²) in [4.78, 5) is 20.8. The van der Waals surface area contributed by atoms with E-state index in [9.17, 15) is 9.90 Å². The Morgan fingerprint density at radius 3 is 2.67 bits per heavy atom. The van der Waals surface area contributed by atoms with Gasteiger partial charge in [-0.3, -0.25) is 9.78 Å². The maximum atomic E-state index is 12.3. The molecule has 4 rings (SSSR count). The number of aromatic hydroxyl groups is 1. The SMILES string of the molecule is Cc1cc2nc(-c3cc(NC(=O)c4ccccn4)ccc3O)oc2cc1C. The first-order chi connectivity index (χ1) is 13.0. The summed E-state index contributed by atoms with van der Waals surface area (Å²) in [5.74, 6) is -0.0247. The van der Waals surface area contributed by atoms with Gasteiger partial charge in [-0.05, 0) is 67.4 Å². The number of pyridine rings is 1. The molecule has 27 heavy (non-hydrogen) atoms. The summed E-state index contributed by atoms with van der Waals surface area (Å²) in [5, 5.41) is 13.0. The van der Waals surface area contributed by atoms with E-state index in [0.29, 0.717) is 28.4 Å². The minimum Gasteiger partial charge on any atom is -0.507 e. The van der Waals surface area contributed by atoms with E-state index in [0.717, 1.165) is 16.6 Å². The first-order valence-electron chi connectivity index (χ1n) is 8.45. The monoisotopic (exact) mass is 359 g/mol. The van der Waals surface area contributed by atoms with Crippen LogP contribution in [-0.4, -0.2) is 21.0 Å². The molecule has 6 heteroatoms. The molecule has 0 unspecified atom stereocenters. The van der Waals surface area contributed by atoms with E-state index in [1.807, 2.05) is 26.0 Å². The number of phenols is 1. The van der Waals surface area contributed by atoms with Crippen molar-refractivity contribution in [1.29, 1.82) is 0 Å². The number of carbonyl (C=O) groups is 1. The molecule has 134 valence electrons. The summed E-state index contributed by atoms with van der Waals surface area (Å²) in [6.45, 7) is 4.01. The maximum absolute atomic E-state index is 12.3. The summed E-state index contributed by atoms with van der Waals surface area (Å²) in [5.41, 5.74) is 4.80. The average molecular weight is 359 g/mol. The van der Waals surface area contributed by atoms with Crippen LogP contribution in [0.1, 0.15) is 21.6 Å². The second-order valence-corrected chi connectivity index (χ2v) is 6.32. The molecule has 0 fully saturated rings. The van der Waals surface area contributed by atoms with Gasteiger partial charge in [0, 0.05) is 11.9 Å². The Morgan fingerprint density at radius 2 is 1.89 bits per heavy atom. The topological polar surface area (TPSA) is 88.2 Å². The van der Waals surface area contributed by atoms with Crippen molar-refractivity contribution in [2.24, 2.45) is 0 Å². The van der Waals surface area contributed by atoms with Crippen LogP contribution >= 0.6 is 0 Å². The van der Waals surface area contributed by atoms with Crippen molar-refractivity contribution < 1.29 is 14.3 Å². The third-order valence-electron chi connectivity index (χ3n) is 4.39. The number of hydrogen-bond donors (Lipinski definition) is 2. The van der Waals surface area contributed by atoms with Gasteiger partial charge in [-0.1, -0.05) is 6.07 Å². The predicted octanol–water partition coefficient (Wildman–Crippen LogP) is 4.46. The second kappa shape index (κ2) is 6.57. The Labute approximate surface area is 155 Å². The van der Waals surface area contributed by atoms with Crippen molar-refractivity contribution in [3.63, 3.8) is 0 Å². The second-order valence-electron chi connectivity index (χ2n) is 6.32. The number of nitrogens with zero attached hydrogens (tertiary/aromatic N) is 2. The Bertz CT molecular complexity index is 1110. The number of phenolic OH excluding ortho intramolecular Hbond substituents is 1. The molecule has 1 amide bonds. The van der Waals surface area contributed by atoms with Gasteiger partial charge in [0.25, 0.3) is 5.91 Å². The zero-order valence-corrected chi connectivity index (χ0v) is 14.9. The van der Waals surface area contributed by atoms with Gasteiger partial charge in [0.05, 0.1) is 5.56 Å². The lowest BCUT2D eigenvalue weighted by Crippen LogP contribution is -2.13. The van der Waals surface area contributed by atoms with Gasteiger partial charge >= 0.3 is 0 Å². The lowest BCUT2D eigenvalue weighted by atomic mass is 10.1. The van der Waals surface area contributed by atoms with Gasteiger partial charge in [0.1, 0.15) is 17.0 Å². The van der Waals surface area contributed by atoms with E-state index in [4.69, 9.17) is 4.42 Å². The van der Waals surface area contributed by atoms with Crippen LogP contribution in [0.15, 0.2) is 59.1 Å². The smallest absolute Gasteiger partial charge is 0.274 e. The van der Waals surface area contributed by atoms with E-state index in [1.165, 1.54) is 6.07 Å². The third-order valence-corrected chi connectivity index (χ3v) is 4.39. The number of fused-ring (bicyclic) bond motifs is 1. The van der Waals surface area contributed by atoms with E-state index in [1.54, 1.807) is 36.5 Å². The molecule has 0 aliphatic rings. The number of benzene rings is 2. The lowest BCUT2D eigenvalue weighted by molar-refractivity contribution is 0.102. The summed E-state index contributed by atoms with van der Waals surface area (Å²) in [6.07, 6.45) is 1.56. The van der Waals surface area contributed by atoms with Crippen LogP contribution in [0.25, 0.3) is 22.6 Å². The molecule has 6 nitrogen and oxygen atoms in total. The third kappa shape index (κ3) is 3.25. The number of carbonyl (C=O) groups excluding carboxylic acids is 1. The normalized spacial score (nSPS) is 10.9. The van der Waals surface area contributed by atoms with Gasteiger partial charge in [0.2, 0.25) is 5.89 Å². The molecule has 0 saturated carbocycles. The van der Waals surface area contributed by atoms with Crippen molar-refractivity contribution in [3.05, 3.63) is 71.5 Å². The zero-order valence-electron chi connectivity index (χ0n) is 14.9. The highest BCUT2D eigenvalue weighted by molar-refractivity contribution is 6.03. The number of amides is 1. The fourth-order valence-corrected chi connectivity index (χ4v) is 2.77. The number of rotatable bonds is 3. The number of hydrogen-bond acceptors (Lipinski definition) is 5. The summed E-state index contributed by atoms with van der Waals surface area (Å²) in [6, 6.07) is 13.7. The van der Waals surface area contributed by atoms with Crippen molar-refractivity contribution >= 4 is 22.7 Å². The van der Waals surface area contributed by atoms with E-state index in [-0.39, 0.29) is 11.7 Å². The van der Waals surface area contributed by atoms with Crippen LogP contribution in [0.5, 0.6) is 5.75 Å². The minimum absolute atomic E-state index is 0.0193. The molecule has 2 aromatic heterocycles. The molecular formula is C21H17N3O3. The molecule has 0 bridgehead atoms. The van der Waals surface area contributed by atoms with Crippen molar-refractivity contribution in [1.82, 2.24) is 9.97 Å². The Morgan fingerprint density at radius 1 is 1.07 bits per heavy atom. The Kier molecular flexibility index (Phi) is 4.08. The average Bonchev–Trinajstić information content (AvgIpc) is 3.06. The van der Waals surface area contributed by atoms with Crippen LogP contribution in [-0.2, 0) is 0 Å². The Balaban J connectivity index is 1.69. The maximum Gasteiger partial charge on any atom is 0.274 e. The first-order valence-corrected chi connectivity index (χ1v) is 8.45. The minimum atomic E-state index is -0.337. The summed E-state index contributed by atoms with van der Waals surface area (Å²) < 4.78 is 5.82. The zero-order chi connectivity index (χ0) is 19.0. The number of oxazole rings is 1. The quantitative estimate of drug-likeness (QED) is 0.527. The molecule has 0 aliphatic heterocycles. The molecule has 0 saturated heterocycles. The van der Waals surface area contributed by atoms with Crippen LogP contribution in [0.2, 0.25) is 0 Å². The van der Waals surface area contributed by atoms with E-state index < -0.39 is 0 Å². The molecular weight excluding hydrogens is 342 g/mol. The van der Waals surface area contributed by atoms with Gasteiger partial charge in [-0.15, -0.1) is 0 Å². The molecule has 0 radical (unpaired) electrons. The molecule has 4 aromatic rings.